The van der Waals surface area contributed by atoms with Crippen LogP contribution < -0.4 is 15.4 Å². The lowest BCUT2D eigenvalue weighted by atomic mass is 10.0. The number of hydrogen-bond acceptors (Lipinski definition) is 5. The first-order valence-electron chi connectivity index (χ1n) is 9.63. The fourth-order valence-corrected chi connectivity index (χ4v) is 3.35. The third-order valence-corrected chi connectivity index (χ3v) is 4.88. The molecule has 0 aliphatic carbocycles. The Hall–Kier alpha value is -2.58. The number of benzene rings is 1. The zero-order valence-corrected chi connectivity index (χ0v) is 16.6. The third kappa shape index (κ3) is 5.24. The number of nitrogens with one attached hydrogen (secondary N) is 2. The highest BCUT2D eigenvalue weighted by atomic mass is 16.5. The fraction of sp³-hybridized carbons (Fsp3) is 0.500. The second kappa shape index (κ2) is 10.1. The van der Waals surface area contributed by atoms with Crippen molar-refractivity contribution >= 4 is 6.03 Å². The van der Waals surface area contributed by atoms with Gasteiger partial charge in [0.05, 0.1) is 20.3 Å². The van der Waals surface area contributed by atoms with E-state index in [1.54, 1.807) is 13.3 Å². The molecule has 2 N–H and O–H groups in total. The maximum absolute atomic E-state index is 12.6. The van der Waals surface area contributed by atoms with Gasteiger partial charge < -0.3 is 24.7 Å². The zero-order chi connectivity index (χ0) is 19.8. The molecule has 2 amide bonds. The number of aromatic nitrogens is 2. The number of morpholine rings is 1. The van der Waals surface area contributed by atoms with Crippen LogP contribution in [0.5, 0.6) is 5.75 Å². The molecule has 1 saturated heterocycles. The largest absolute Gasteiger partial charge is 0.496 e. The van der Waals surface area contributed by atoms with Gasteiger partial charge in [0.25, 0.3) is 0 Å². The van der Waals surface area contributed by atoms with Crippen LogP contribution in [0.4, 0.5) is 4.79 Å². The Morgan fingerprint density at radius 2 is 2.11 bits per heavy atom. The van der Waals surface area contributed by atoms with Gasteiger partial charge in [-0.1, -0.05) is 18.2 Å². The van der Waals surface area contributed by atoms with Gasteiger partial charge >= 0.3 is 6.03 Å². The summed E-state index contributed by atoms with van der Waals surface area (Å²) >= 11 is 0. The van der Waals surface area contributed by atoms with E-state index < -0.39 is 6.04 Å². The molecule has 1 aliphatic rings. The Balaban J connectivity index is 1.60. The number of nitrogens with zero attached hydrogens (tertiary/aromatic N) is 3. The van der Waals surface area contributed by atoms with Gasteiger partial charge in [0, 0.05) is 44.6 Å². The van der Waals surface area contributed by atoms with Crippen molar-refractivity contribution in [2.24, 2.45) is 7.05 Å². The Morgan fingerprint density at radius 1 is 1.32 bits per heavy atom. The summed E-state index contributed by atoms with van der Waals surface area (Å²) in [4.78, 5) is 19.3. The van der Waals surface area contributed by atoms with Gasteiger partial charge in [-0.2, -0.15) is 0 Å². The summed E-state index contributed by atoms with van der Waals surface area (Å²) in [5.41, 5.74) is 0.864. The van der Waals surface area contributed by atoms with Gasteiger partial charge in [0.1, 0.15) is 17.6 Å². The van der Waals surface area contributed by atoms with E-state index in [1.807, 2.05) is 42.1 Å². The number of carbonyl (C=O) groups excluding carboxylic acids is 1. The molecule has 8 nitrogen and oxygen atoms in total. The molecule has 0 radical (unpaired) electrons. The monoisotopic (exact) mass is 387 g/mol. The van der Waals surface area contributed by atoms with Gasteiger partial charge in [0.2, 0.25) is 0 Å². The summed E-state index contributed by atoms with van der Waals surface area (Å²) in [6.07, 6.45) is 4.48. The summed E-state index contributed by atoms with van der Waals surface area (Å²) in [5, 5.41) is 6.00. The standard InChI is InChI=1S/C20H29N5O3/c1-24-11-9-21-19(24)18(16-6-3-4-7-17(16)27-2)23-20(26)22-8-5-10-25-12-14-28-15-13-25/h3-4,6-7,9,11,18H,5,8,10,12-15H2,1-2H3,(H2,22,23,26). The van der Waals surface area contributed by atoms with E-state index in [0.29, 0.717) is 12.3 Å². The van der Waals surface area contributed by atoms with Crippen molar-refractivity contribution in [1.82, 2.24) is 25.1 Å². The molecule has 1 fully saturated rings. The maximum Gasteiger partial charge on any atom is 0.315 e. The molecule has 0 saturated carbocycles. The number of hydrogen-bond donors (Lipinski definition) is 2. The molecule has 2 heterocycles. The van der Waals surface area contributed by atoms with E-state index in [-0.39, 0.29) is 6.03 Å². The lowest BCUT2D eigenvalue weighted by Crippen LogP contribution is -2.41. The first kappa shape index (κ1) is 20.2. The number of imidazole rings is 1. The molecule has 1 atom stereocenters. The van der Waals surface area contributed by atoms with Crippen LogP contribution in [0.15, 0.2) is 36.7 Å². The van der Waals surface area contributed by atoms with Gasteiger partial charge in [-0.25, -0.2) is 9.78 Å². The smallest absolute Gasteiger partial charge is 0.315 e. The highest BCUT2D eigenvalue weighted by molar-refractivity contribution is 5.75. The lowest BCUT2D eigenvalue weighted by Gasteiger charge is -2.26. The molecule has 1 aliphatic heterocycles. The van der Waals surface area contributed by atoms with Gasteiger partial charge in [-0.05, 0) is 19.0 Å². The van der Waals surface area contributed by atoms with Gasteiger partial charge in [0.15, 0.2) is 0 Å². The highest BCUT2D eigenvalue weighted by Gasteiger charge is 2.23. The molecular formula is C20H29N5O3. The number of amides is 2. The van der Waals surface area contributed by atoms with Gasteiger partial charge in [-0.3, -0.25) is 4.90 Å². The van der Waals surface area contributed by atoms with Crippen molar-refractivity contribution in [2.75, 3.05) is 46.5 Å². The first-order chi connectivity index (χ1) is 13.7. The van der Waals surface area contributed by atoms with Crippen LogP contribution >= 0.6 is 0 Å². The Labute approximate surface area is 165 Å². The van der Waals surface area contributed by atoms with Crippen molar-refractivity contribution in [1.29, 1.82) is 0 Å². The molecule has 8 heteroatoms. The lowest BCUT2D eigenvalue weighted by molar-refractivity contribution is 0.0375. The van der Waals surface area contributed by atoms with Crippen molar-refractivity contribution < 1.29 is 14.3 Å². The van der Waals surface area contributed by atoms with Crippen LogP contribution in [0, 0.1) is 0 Å². The molecule has 0 spiro atoms. The predicted molar refractivity (Wildman–Crippen MR) is 106 cm³/mol. The number of methoxy groups -OCH3 is 1. The molecule has 1 aromatic carbocycles. The molecular weight excluding hydrogens is 358 g/mol. The fourth-order valence-electron chi connectivity index (χ4n) is 3.35. The average molecular weight is 387 g/mol. The summed E-state index contributed by atoms with van der Waals surface area (Å²) in [6.45, 7) is 5.07. The van der Waals surface area contributed by atoms with Crippen molar-refractivity contribution in [3.8, 4) is 5.75 Å². The Morgan fingerprint density at radius 3 is 2.82 bits per heavy atom. The van der Waals surface area contributed by atoms with Crippen LogP contribution in [0.3, 0.4) is 0 Å². The number of para-hydroxylation sites is 1. The average Bonchev–Trinajstić information content (AvgIpc) is 3.16. The quantitative estimate of drug-likeness (QED) is 0.672. The van der Waals surface area contributed by atoms with E-state index in [2.05, 4.69) is 20.5 Å². The molecule has 2 aromatic rings. The second-order valence-electron chi connectivity index (χ2n) is 6.78. The van der Waals surface area contributed by atoms with E-state index in [0.717, 1.165) is 50.7 Å². The highest BCUT2D eigenvalue weighted by Crippen LogP contribution is 2.28. The number of urea groups is 1. The van der Waals surface area contributed by atoms with Gasteiger partial charge in [-0.15, -0.1) is 0 Å². The minimum atomic E-state index is -0.407. The van der Waals surface area contributed by atoms with Crippen molar-refractivity contribution in [2.45, 2.75) is 12.5 Å². The van der Waals surface area contributed by atoms with Crippen LogP contribution in [0.1, 0.15) is 23.9 Å². The SMILES string of the molecule is COc1ccccc1C(NC(=O)NCCCN1CCOCC1)c1nccn1C. The van der Waals surface area contributed by atoms with E-state index >= 15 is 0 Å². The molecule has 1 aromatic heterocycles. The van der Waals surface area contributed by atoms with Crippen LogP contribution in [0.2, 0.25) is 0 Å². The number of ether oxygens (including phenoxy) is 2. The number of aryl methyl sites for hydroxylation is 1. The first-order valence-corrected chi connectivity index (χ1v) is 9.63. The second-order valence-corrected chi connectivity index (χ2v) is 6.78. The van der Waals surface area contributed by atoms with Crippen LogP contribution in [-0.2, 0) is 11.8 Å². The number of carbonyl (C=O) groups is 1. The number of rotatable bonds is 8. The van der Waals surface area contributed by atoms with E-state index in [9.17, 15) is 4.79 Å². The summed E-state index contributed by atoms with van der Waals surface area (Å²) < 4.78 is 12.7. The van der Waals surface area contributed by atoms with Crippen molar-refractivity contribution in [3.05, 3.63) is 48.0 Å². The normalized spacial score (nSPS) is 15.8. The van der Waals surface area contributed by atoms with E-state index in [4.69, 9.17) is 9.47 Å². The molecule has 152 valence electrons. The minimum Gasteiger partial charge on any atom is -0.496 e. The summed E-state index contributed by atoms with van der Waals surface area (Å²) in [5.74, 6) is 1.45. The zero-order valence-electron chi connectivity index (χ0n) is 16.6. The third-order valence-electron chi connectivity index (χ3n) is 4.88. The summed E-state index contributed by atoms with van der Waals surface area (Å²) in [6, 6.07) is 7.03. The summed E-state index contributed by atoms with van der Waals surface area (Å²) in [7, 11) is 3.53. The molecule has 1 unspecified atom stereocenters. The van der Waals surface area contributed by atoms with Crippen LogP contribution in [-0.4, -0.2) is 67.0 Å². The van der Waals surface area contributed by atoms with Crippen LogP contribution in [0.25, 0.3) is 0 Å². The Bertz CT molecular complexity index is 758. The van der Waals surface area contributed by atoms with E-state index in [1.165, 1.54) is 0 Å². The predicted octanol–water partition coefficient (Wildman–Crippen LogP) is 1.54. The molecule has 0 bridgehead atoms. The molecule has 28 heavy (non-hydrogen) atoms. The molecule has 3 rings (SSSR count). The minimum absolute atomic E-state index is 0.221. The van der Waals surface area contributed by atoms with Crippen molar-refractivity contribution in [3.63, 3.8) is 0 Å². The Kier molecular flexibility index (Phi) is 7.27. The topological polar surface area (TPSA) is 80.7 Å². The maximum atomic E-state index is 12.6.